The molecule has 0 bridgehead atoms. The highest BCUT2D eigenvalue weighted by atomic mass is 16.2. The molecule has 2 aromatic rings. The Labute approximate surface area is 190 Å². The SMILES string of the molecule is Cc1nc(CCNC(=O)C2CCC(=O)N(CCCc3ccccc3)C2)nc2c1CCCC2. The van der Waals surface area contributed by atoms with Crippen LogP contribution in [-0.2, 0) is 35.3 Å². The number of carbonyl (C=O) groups excluding carboxylic acids is 2. The first-order valence-corrected chi connectivity index (χ1v) is 12.0. The van der Waals surface area contributed by atoms with Gasteiger partial charge in [-0.2, -0.15) is 0 Å². The third-order valence-corrected chi connectivity index (χ3v) is 6.69. The molecule has 1 aromatic heterocycles. The highest BCUT2D eigenvalue weighted by Gasteiger charge is 2.29. The average Bonchev–Trinajstić information content (AvgIpc) is 2.81. The Kier molecular flexibility index (Phi) is 7.51. The minimum absolute atomic E-state index is 0.0419. The van der Waals surface area contributed by atoms with Gasteiger partial charge in [-0.3, -0.25) is 9.59 Å². The number of hydrogen-bond acceptors (Lipinski definition) is 4. The zero-order chi connectivity index (χ0) is 22.3. The molecule has 170 valence electrons. The smallest absolute Gasteiger partial charge is 0.224 e. The van der Waals surface area contributed by atoms with Gasteiger partial charge in [0, 0.05) is 43.9 Å². The molecule has 2 heterocycles. The van der Waals surface area contributed by atoms with E-state index in [-0.39, 0.29) is 17.7 Å². The van der Waals surface area contributed by atoms with Gasteiger partial charge in [-0.25, -0.2) is 9.97 Å². The van der Waals surface area contributed by atoms with E-state index < -0.39 is 0 Å². The number of amides is 2. The van der Waals surface area contributed by atoms with Crippen LogP contribution in [0.3, 0.4) is 0 Å². The van der Waals surface area contributed by atoms with Gasteiger partial charge < -0.3 is 10.2 Å². The highest BCUT2D eigenvalue weighted by Crippen LogP contribution is 2.22. The van der Waals surface area contributed by atoms with Gasteiger partial charge in [0.05, 0.1) is 5.92 Å². The second-order valence-corrected chi connectivity index (χ2v) is 9.06. The molecule has 0 spiro atoms. The summed E-state index contributed by atoms with van der Waals surface area (Å²) in [5.74, 6) is 0.903. The van der Waals surface area contributed by atoms with Crippen molar-refractivity contribution in [3.05, 3.63) is 58.7 Å². The Morgan fingerprint density at radius 3 is 2.75 bits per heavy atom. The predicted octanol–water partition coefficient (Wildman–Crippen LogP) is 3.19. The summed E-state index contributed by atoms with van der Waals surface area (Å²) in [7, 11) is 0. The molecule has 32 heavy (non-hydrogen) atoms. The maximum Gasteiger partial charge on any atom is 0.224 e. The van der Waals surface area contributed by atoms with Crippen molar-refractivity contribution in [3.8, 4) is 0 Å². The molecule has 1 atom stereocenters. The molecule has 1 unspecified atom stereocenters. The van der Waals surface area contributed by atoms with Gasteiger partial charge in [-0.15, -0.1) is 0 Å². The van der Waals surface area contributed by atoms with Crippen molar-refractivity contribution in [2.75, 3.05) is 19.6 Å². The van der Waals surface area contributed by atoms with Crippen LogP contribution in [0.15, 0.2) is 30.3 Å². The summed E-state index contributed by atoms with van der Waals surface area (Å²) in [4.78, 5) is 36.4. The molecule has 1 aliphatic heterocycles. The minimum atomic E-state index is -0.129. The van der Waals surface area contributed by atoms with Crippen LogP contribution in [0.25, 0.3) is 0 Å². The van der Waals surface area contributed by atoms with Gasteiger partial charge >= 0.3 is 0 Å². The standard InChI is InChI=1S/C26H34N4O2/c1-19-22-11-5-6-12-23(22)29-24(28-19)15-16-27-26(32)21-13-14-25(31)30(18-21)17-7-10-20-8-3-2-4-9-20/h2-4,8-9,21H,5-7,10-18H2,1H3,(H,27,32). The molecule has 0 saturated carbocycles. The Hall–Kier alpha value is -2.76. The maximum absolute atomic E-state index is 12.7. The number of benzene rings is 1. The first-order chi connectivity index (χ1) is 15.6. The lowest BCUT2D eigenvalue weighted by Crippen LogP contribution is -2.46. The molecule has 1 aliphatic carbocycles. The number of carbonyl (C=O) groups is 2. The van der Waals surface area contributed by atoms with Crippen LogP contribution < -0.4 is 5.32 Å². The number of aromatic nitrogens is 2. The predicted molar refractivity (Wildman–Crippen MR) is 124 cm³/mol. The Bertz CT molecular complexity index is 944. The summed E-state index contributed by atoms with van der Waals surface area (Å²) >= 11 is 0. The van der Waals surface area contributed by atoms with Crippen molar-refractivity contribution in [3.63, 3.8) is 0 Å². The van der Waals surface area contributed by atoms with Crippen LogP contribution in [0.5, 0.6) is 0 Å². The van der Waals surface area contributed by atoms with Crippen molar-refractivity contribution >= 4 is 11.8 Å². The fourth-order valence-corrected chi connectivity index (χ4v) is 4.86. The van der Waals surface area contributed by atoms with E-state index in [0.29, 0.717) is 38.9 Å². The number of likely N-dealkylation sites (tertiary alicyclic amines) is 1. The maximum atomic E-state index is 12.7. The number of hydrogen-bond donors (Lipinski definition) is 1. The summed E-state index contributed by atoms with van der Waals surface area (Å²) in [6.45, 7) is 3.84. The van der Waals surface area contributed by atoms with Crippen LogP contribution >= 0.6 is 0 Å². The summed E-state index contributed by atoms with van der Waals surface area (Å²) in [5, 5.41) is 3.06. The first kappa shape index (κ1) is 22.4. The van der Waals surface area contributed by atoms with E-state index in [0.717, 1.165) is 37.2 Å². The van der Waals surface area contributed by atoms with Gasteiger partial charge in [0.2, 0.25) is 11.8 Å². The van der Waals surface area contributed by atoms with Crippen molar-refractivity contribution in [1.29, 1.82) is 0 Å². The molecule has 1 N–H and O–H groups in total. The van der Waals surface area contributed by atoms with E-state index in [4.69, 9.17) is 4.98 Å². The number of nitrogens with one attached hydrogen (secondary N) is 1. The summed E-state index contributed by atoms with van der Waals surface area (Å²) in [5.41, 5.74) is 4.89. The largest absolute Gasteiger partial charge is 0.355 e. The van der Waals surface area contributed by atoms with Crippen LogP contribution in [0.1, 0.15) is 60.4 Å². The second kappa shape index (κ2) is 10.7. The molecule has 1 saturated heterocycles. The van der Waals surface area contributed by atoms with E-state index in [9.17, 15) is 9.59 Å². The van der Waals surface area contributed by atoms with Crippen LogP contribution in [-0.4, -0.2) is 46.3 Å². The summed E-state index contributed by atoms with van der Waals surface area (Å²) < 4.78 is 0. The third-order valence-electron chi connectivity index (χ3n) is 6.69. The van der Waals surface area contributed by atoms with Crippen molar-refractivity contribution in [1.82, 2.24) is 20.2 Å². The van der Waals surface area contributed by atoms with E-state index in [2.05, 4.69) is 29.4 Å². The lowest BCUT2D eigenvalue weighted by atomic mass is 9.95. The van der Waals surface area contributed by atoms with Crippen molar-refractivity contribution < 1.29 is 9.59 Å². The highest BCUT2D eigenvalue weighted by molar-refractivity contribution is 5.83. The first-order valence-electron chi connectivity index (χ1n) is 12.0. The Balaban J connectivity index is 1.23. The normalized spacial score (nSPS) is 18.3. The minimum Gasteiger partial charge on any atom is -0.355 e. The Morgan fingerprint density at radius 1 is 1.09 bits per heavy atom. The molecule has 6 nitrogen and oxygen atoms in total. The molecule has 4 rings (SSSR count). The molecular formula is C26H34N4O2. The van der Waals surface area contributed by atoms with Crippen LogP contribution in [0.4, 0.5) is 0 Å². The molecule has 0 radical (unpaired) electrons. The van der Waals surface area contributed by atoms with Crippen molar-refractivity contribution in [2.45, 2.75) is 64.7 Å². The van der Waals surface area contributed by atoms with E-state index in [1.165, 1.54) is 29.7 Å². The molecule has 6 heteroatoms. The quantitative estimate of drug-likeness (QED) is 0.692. The van der Waals surface area contributed by atoms with Gasteiger partial charge in [-0.1, -0.05) is 30.3 Å². The van der Waals surface area contributed by atoms with E-state index in [1.54, 1.807) is 0 Å². The second-order valence-electron chi connectivity index (χ2n) is 9.06. The summed E-state index contributed by atoms with van der Waals surface area (Å²) in [6.07, 6.45) is 8.13. The fourth-order valence-electron chi connectivity index (χ4n) is 4.86. The molecule has 2 aliphatic rings. The van der Waals surface area contributed by atoms with Gasteiger partial charge in [-0.05, 0) is 63.0 Å². The monoisotopic (exact) mass is 434 g/mol. The van der Waals surface area contributed by atoms with Crippen LogP contribution in [0.2, 0.25) is 0 Å². The number of fused-ring (bicyclic) bond motifs is 1. The number of piperidine rings is 1. The topological polar surface area (TPSA) is 75.2 Å². The molecule has 1 aromatic carbocycles. The fraction of sp³-hybridized carbons (Fsp3) is 0.538. The zero-order valence-corrected chi connectivity index (χ0v) is 19.1. The van der Waals surface area contributed by atoms with Gasteiger partial charge in [0.1, 0.15) is 5.82 Å². The van der Waals surface area contributed by atoms with E-state index in [1.807, 2.05) is 23.1 Å². The van der Waals surface area contributed by atoms with Gasteiger partial charge in [0.15, 0.2) is 0 Å². The average molecular weight is 435 g/mol. The number of aryl methyl sites for hydroxylation is 3. The van der Waals surface area contributed by atoms with Crippen LogP contribution in [0, 0.1) is 12.8 Å². The Morgan fingerprint density at radius 2 is 1.91 bits per heavy atom. The zero-order valence-electron chi connectivity index (χ0n) is 19.1. The molecule has 1 fully saturated rings. The van der Waals surface area contributed by atoms with E-state index >= 15 is 0 Å². The molecular weight excluding hydrogens is 400 g/mol. The third kappa shape index (κ3) is 5.72. The number of nitrogens with zero attached hydrogens (tertiary/aromatic N) is 3. The lowest BCUT2D eigenvalue weighted by Gasteiger charge is -2.32. The lowest BCUT2D eigenvalue weighted by molar-refractivity contribution is -0.138. The van der Waals surface area contributed by atoms with Crippen molar-refractivity contribution in [2.24, 2.45) is 5.92 Å². The van der Waals surface area contributed by atoms with Gasteiger partial charge in [0.25, 0.3) is 0 Å². The summed E-state index contributed by atoms with van der Waals surface area (Å²) in [6, 6.07) is 10.3. The molecule has 2 amide bonds. The number of rotatable bonds is 8.